The highest BCUT2D eigenvalue weighted by molar-refractivity contribution is 6.42. The van der Waals surface area contributed by atoms with E-state index >= 15 is 0 Å². The number of alkyl halides is 6. The van der Waals surface area contributed by atoms with E-state index in [2.05, 4.69) is 4.90 Å². The molecule has 4 rings (SSSR count). The molecule has 11 heteroatoms. The molecule has 0 aliphatic carbocycles. The maximum Gasteiger partial charge on any atom is 0.416 e. The minimum absolute atomic E-state index is 0.0113. The van der Waals surface area contributed by atoms with Crippen molar-refractivity contribution in [3.05, 3.63) is 105 Å². The Bertz CT molecular complexity index is 1300. The summed E-state index contributed by atoms with van der Waals surface area (Å²) in [5, 5.41) is 0.636. The summed E-state index contributed by atoms with van der Waals surface area (Å²) in [7, 11) is 1.40. The topological polar surface area (TPSA) is 23.6 Å². The molecule has 0 radical (unpaired) electrons. The van der Waals surface area contributed by atoms with Gasteiger partial charge in [-0.2, -0.15) is 26.3 Å². The van der Waals surface area contributed by atoms with Gasteiger partial charge in [0, 0.05) is 44.2 Å². The molecule has 0 N–H and O–H groups in total. The van der Waals surface area contributed by atoms with Gasteiger partial charge in [0.2, 0.25) is 0 Å². The van der Waals surface area contributed by atoms with E-state index in [1.54, 1.807) is 18.2 Å². The highest BCUT2D eigenvalue weighted by atomic mass is 35.5. The number of nitrogens with zero attached hydrogens (tertiary/aromatic N) is 2. The molecular formula is C28H24Cl2F6N2O. The molecule has 39 heavy (non-hydrogen) atoms. The van der Waals surface area contributed by atoms with Crippen LogP contribution in [0.3, 0.4) is 0 Å². The van der Waals surface area contributed by atoms with Crippen LogP contribution in [0.15, 0.2) is 66.7 Å². The summed E-state index contributed by atoms with van der Waals surface area (Å²) in [5.41, 5.74) is -1.91. The number of likely N-dealkylation sites (tertiary alicyclic amines) is 1. The molecular weight excluding hydrogens is 565 g/mol. The van der Waals surface area contributed by atoms with Gasteiger partial charge in [0.15, 0.2) is 0 Å². The SMILES string of the molecule is CN(C(=O)c1cc(C(F)(F)F)cc(C(F)(F)F)c1)[C@@H]1CCN(Cc2ccccc2)C[C@H]1c1ccc(Cl)c(Cl)c1. The van der Waals surface area contributed by atoms with Crippen molar-refractivity contribution in [1.29, 1.82) is 0 Å². The number of hydrogen-bond acceptors (Lipinski definition) is 2. The predicted octanol–water partition coefficient (Wildman–Crippen LogP) is 8.16. The van der Waals surface area contributed by atoms with Crippen LogP contribution in [-0.4, -0.2) is 41.9 Å². The van der Waals surface area contributed by atoms with Gasteiger partial charge < -0.3 is 4.90 Å². The molecule has 3 aromatic carbocycles. The van der Waals surface area contributed by atoms with Gasteiger partial charge in [0.25, 0.3) is 5.91 Å². The molecule has 0 bridgehead atoms. The lowest BCUT2D eigenvalue weighted by Crippen LogP contribution is -2.50. The average molecular weight is 589 g/mol. The minimum atomic E-state index is -5.06. The number of piperidine rings is 1. The Hall–Kier alpha value is -2.75. The third-order valence-electron chi connectivity index (χ3n) is 6.93. The lowest BCUT2D eigenvalue weighted by molar-refractivity contribution is -0.143. The Morgan fingerprint density at radius 2 is 1.51 bits per heavy atom. The van der Waals surface area contributed by atoms with Crippen molar-refractivity contribution < 1.29 is 31.1 Å². The van der Waals surface area contributed by atoms with Crippen molar-refractivity contribution in [2.45, 2.75) is 37.3 Å². The second-order valence-corrected chi connectivity index (χ2v) is 10.4. The maximum absolute atomic E-state index is 13.4. The van der Waals surface area contributed by atoms with E-state index in [4.69, 9.17) is 23.2 Å². The summed E-state index contributed by atoms with van der Waals surface area (Å²) in [4.78, 5) is 16.8. The van der Waals surface area contributed by atoms with Crippen LogP contribution < -0.4 is 0 Å². The van der Waals surface area contributed by atoms with Gasteiger partial charge >= 0.3 is 12.4 Å². The zero-order valence-corrected chi connectivity index (χ0v) is 22.2. The Labute approximate surface area is 231 Å². The average Bonchev–Trinajstić information content (AvgIpc) is 2.88. The first-order valence-electron chi connectivity index (χ1n) is 12.0. The quantitative estimate of drug-likeness (QED) is 0.281. The molecule has 1 heterocycles. The molecule has 1 aliphatic rings. The first kappa shape index (κ1) is 29.2. The maximum atomic E-state index is 13.4. The number of likely N-dealkylation sites (N-methyl/N-ethyl adjacent to an activating group) is 1. The van der Waals surface area contributed by atoms with E-state index in [1.807, 2.05) is 30.3 Å². The summed E-state index contributed by atoms with van der Waals surface area (Å²) in [6, 6.07) is 15.2. The third kappa shape index (κ3) is 6.88. The van der Waals surface area contributed by atoms with Crippen LogP contribution in [0.1, 0.15) is 45.0 Å². The van der Waals surface area contributed by atoms with Gasteiger partial charge in [-0.25, -0.2) is 0 Å². The largest absolute Gasteiger partial charge is 0.416 e. The van der Waals surface area contributed by atoms with Crippen LogP contribution in [0.2, 0.25) is 10.0 Å². The van der Waals surface area contributed by atoms with Crippen LogP contribution in [0, 0.1) is 0 Å². The monoisotopic (exact) mass is 588 g/mol. The Morgan fingerprint density at radius 3 is 2.08 bits per heavy atom. The molecule has 0 unspecified atom stereocenters. The fourth-order valence-electron chi connectivity index (χ4n) is 4.96. The number of hydrogen-bond donors (Lipinski definition) is 0. The van der Waals surface area contributed by atoms with Gasteiger partial charge in [-0.1, -0.05) is 59.6 Å². The van der Waals surface area contributed by atoms with Crippen molar-refractivity contribution in [3.63, 3.8) is 0 Å². The van der Waals surface area contributed by atoms with Crippen molar-refractivity contribution >= 4 is 29.1 Å². The zero-order valence-electron chi connectivity index (χ0n) is 20.7. The van der Waals surface area contributed by atoms with E-state index in [-0.39, 0.29) is 12.0 Å². The number of carbonyl (C=O) groups is 1. The van der Waals surface area contributed by atoms with Gasteiger partial charge in [-0.3, -0.25) is 9.69 Å². The standard InChI is InChI=1S/C28H24Cl2F6N2O/c1-37(26(39)19-11-20(27(31,32)33)14-21(12-19)28(34,35)36)25-9-10-38(15-17-5-3-2-4-6-17)16-22(25)18-7-8-23(29)24(30)13-18/h2-8,11-14,22,25H,9-10,15-16H2,1H3/t22-,25+/m0/s1. The van der Waals surface area contributed by atoms with E-state index in [0.717, 1.165) is 11.1 Å². The molecule has 1 saturated heterocycles. The van der Waals surface area contributed by atoms with E-state index in [0.29, 0.717) is 48.2 Å². The zero-order chi connectivity index (χ0) is 28.5. The van der Waals surface area contributed by atoms with Crippen molar-refractivity contribution in [3.8, 4) is 0 Å². The Morgan fingerprint density at radius 1 is 0.897 bits per heavy atom. The number of amides is 1. The highest BCUT2D eigenvalue weighted by Gasteiger charge is 2.39. The first-order valence-corrected chi connectivity index (χ1v) is 12.8. The molecule has 208 valence electrons. The van der Waals surface area contributed by atoms with Crippen molar-refractivity contribution in [2.75, 3.05) is 20.1 Å². The molecule has 3 nitrogen and oxygen atoms in total. The predicted molar refractivity (Wildman–Crippen MR) is 138 cm³/mol. The molecule has 3 aromatic rings. The van der Waals surface area contributed by atoms with Crippen LogP contribution >= 0.6 is 23.2 Å². The smallest absolute Gasteiger partial charge is 0.338 e. The summed E-state index contributed by atoms with van der Waals surface area (Å²) >= 11 is 12.4. The van der Waals surface area contributed by atoms with Gasteiger partial charge in [0.05, 0.1) is 21.2 Å². The van der Waals surface area contributed by atoms with Gasteiger partial charge in [0.1, 0.15) is 0 Å². The van der Waals surface area contributed by atoms with E-state index in [1.165, 1.54) is 11.9 Å². The van der Waals surface area contributed by atoms with E-state index < -0.39 is 41.0 Å². The third-order valence-corrected chi connectivity index (χ3v) is 7.67. The molecule has 0 saturated carbocycles. The lowest BCUT2D eigenvalue weighted by atomic mass is 9.84. The van der Waals surface area contributed by atoms with Crippen molar-refractivity contribution in [1.82, 2.24) is 9.80 Å². The van der Waals surface area contributed by atoms with Crippen LogP contribution in [0.5, 0.6) is 0 Å². The fraction of sp³-hybridized carbons (Fsp3) is 0.321. The number of benzene rings is 3. The molecule has 2 atom stereocenters. The van der Waals surface area contributed by atoms with Crippen molar-refractivity contribution in [2.24, 2.45) is 0 Å². The summed E-state index contributed by atoms with van der Waals surface area (Å²) in [5.74, 6) is -1.27. The molecule has 1 aliphatic heterocycles. The first-order chi connectivity index (χ1) is 18.2. The van der Waals surface area contributed by atoms with Crippen LogP contribution in [0.25, 0.3) is 0 Å². The molecule has 0 spiro atoms. The lowest BCUT2D eigenvalue weighted by Gasteiger charge is -2.43. The fourth-order valence-corrected chi connectivity index (χ4v) is 5.27. The highest BCUT2D eigenvalue weighted by Crippen LogP contribution is 2.38. The van der Waals surface area contributed by atoms with Gasteiger partial charge in [-0.15, -0.1) is 0 Å². The number of rotatable bonds is 5. The van der Waals surface area contributed by atoms with Crippen LogP contribution in [-0.2, 0) is 18.9 Å². The normalized spacial score (nSPS) is 18.7. The Balaban J connectivity index is 1.67. The second-order valence-electron chi connectivity index (χ2n) is 9.57. The summed E-state index contributed by atoms with van der Waals surface area (Å²) < 4.78 is 80.5. The van der Waals surface area contributed by atoms with Gasteiger partial charge in [-0.05, 0) is 47.9 Å². The molecule has 1 fully saturated rings. The summed E-state index contributed by atoms with van der Waals surface area (Å²) in [6.45, 7) is 1.67. The summed E-state index contributed by atoms with van der Waals surface area (Å²) in [6.07, 6.45) is -9.68. The number of halogens is 8. The molecule has 1 amide bonds. The molecule has 0 aromatic heterocycles. The second kappa shape index (κ2) is 11.4. The number of carbonyl (C=O) groups excluding carboxylic acids is 1. The minimum Gasteiger partial charge on any atom is -0.338 e. The Kier molecular flexibility index (Phi) is 8.54. The van der Waals surface area contributed by atoms with Crippen LogP contribution in [0.4, 0.5) is 26.3 Å². The van der Waals surface area contributed by atoms with E-state index in [9.17, 15) is 31.1 Å².